The molecule has 0 atom stereocenters. The highest BCUT2D eigenvalue weighted by molar-refractivity contribution is 6.30. The van der Waals surface area contributed by atoms with Crippen LogP contribution in [0.3, 0.4) is 0 Å². The Hall–Kier alpha value is -2.87. The van der Waals surface area contributed by atoms with Crippen LogP contribution in [0.5, 0.6) is 11.6 Å². The van der Waals surface area contributed by atoms with Crippen molar-refractivity contribution in [3.63, 3.8) is 0 Å². The maximum absolute atomic E-state index is 12.2. The Morgan fingerprint density at radius 1 is 1.30 bits per heavy atom. The molecular weight excluding hydrogens is 324 g/mol. The zero-order valence-electron chi connectivity index (χ0n) is 12.0. The summed E-state index contributed by atoms with van der Waals surface area (Å²) >= 11 is 5.82. The first-order valence-corrected chi connectivity index (χ1v) is 6.90. The van der Waals surface area contributed by atoms with E-state index < -0.39 is 11.7 Å². The summed E-state index contributed by atoms with van der Waals surface area (Å²) in [6.07, 6.45) is 2.84. The second-order valence-electron chi connectivity index (χ2n) is 4.50. The number of benzene rings is 1. The van der Waals surface area contributed by atoms with Crippen LogP contribution in [0.2, 0.25) is 5.02 Å². The Labute approximate surface area is 134 Å². The van der Waals surface area contributed by atoms with Gasteiger partial charge in [0.15, 0.2) is 0 Å². The van der Waals surface area contributed by atoms with Crippen LogP contribution in [0.25, 0.3) is 5.65 Å². The van der Waals surface area contributed by atoms with Gasteiger partial charge in [0, 0.05) is 17.4 Å². The number of halogens is 1. The second kappa shape index (κ2) is 6.09. The largest absolute Gasteiger partial charge is 0.468 e. The Morgan fingerprint density at radius 2 is 2.04 bits per heavy atom. The van der Waals surface area contributed by atoms with Gasteiger partial charge in [-0.3, -0.25) is 4.79 Å². The maximum atomic E-state index is 12.2. The third-order valence-corrected chi connectivity index (χ3v) is 3.26. The fourth-order valence-corrected chi connectivity index (χ4v) is 2.03. The third-order valence-electron chi connectivity index (χ3n) is 3.00. The summed E-state index contributed by atoms with van der Waals surface area (Å²) in [5.41, 5.74) is -0.301. The molecule has 1 aromatic carbocycles. The SMILES string of the molecule is COC(=O)Cn1nc2c(Oc3ccc(Cl)cc3)nccn2c1=O. The van der Waals surface area contributed by atoms with Crippen LogP contribution < -0.4 is 10.4 Å². The summed E-state index contributed by atoms with van der Waals surface area (Å²) < 4.78 is 12.4. The molecule has 9 heteroatoms. The van der Waals surface area contributed by atoms with Gasteiger partial charge in [0.1, 0.15) is 12.3 Å². The number of rotatable bonds is 4. The highest BCUT2D eigenvalue weighted by Gasteiger charge is 2.15. The Bertz CT molecular complexity index is 917. The van der Waals surface area contributed by atoms with Crippen molar-refractivity contribution in [2.24, 2.45) is 0 Å². The molecule has 0 amide bonds. The molecule has 8 nitrogen and oxygen atoms in total. The van der Waals surface area contributed by atoms with Crippen LogP contribution in [0.1, 0.15) is 0 Å². The van der Waals surface area contributed by atoms with Gasteiger partial charge in [0.2, 0.25) is 5.65 Å². The minimum Gasteiger partial charge on any atom is -0.468 e. The van der Waals surface area contributed by atoms with E-state index >= 15 is 0 Å². The first-order valence-electron chi connectivity index (χ1n) is 6.53. The number of aromatic nitrogens is 4. The summed E-state index contributed by atoms with van der Waals surface area (Å²) in [7, 11) is 1.24. The van der Waals surface area contributed by atoms with Crippen molar-refractivity contribution in [3.05, 3.63) is 52.2 Å². The Kier molecular flexibility index (Phi) is 3.98. The summed E-state index contributed by atoms with van der Waals surface area (Å²) in [5.74, 6) is 0.0455. The highest BCUT2D eigenvalue weighted by atomic mass is 35.5. The predicted molar refractivity (Wildman–Crippen MR) is 80.8 cm³/mol. The zero-order valence-corrected chi connectivity index (χ0v) is 12.7. The van der Waals surface area contributed by atoms with Crippen molar-refractivity contribution in [2.75, 3.05) is 7.11 Å². The molecule has 2 aromatic heterocycles. The minimum absolute atomic E-state index is 0.135. The molecule has 0 aliphatic rings. The standard InChI is InChI=1S/C14H11ClN4O4/c1-22-11(20)8-19-14(21)18-7-6-16-13(12(18)17-19)23-10-4-2-9(15)3-5-10/h2-7H,8H2,1H3. The van der Waals surface area contributed by atoms with E-state index in [9.17, 15) is 9.59 Å². The Balaban J connectivity index is 2.01. The number of ether oxygens (including phenoxy) is 2. The fourth-order valence-electron chi connectivity index (χ4n) is 1.90. The molecule has 0 aliphatic heterocycles. The van der Waals surface area contributed by atoms with Gasteiger partial charge in [-0.1, -0.05) is 11.6 Å². The zero-order chi connectivity index (χ0) is 16.4. The van der Waals surface area contributed by atoms with E-state index in [1.165, 1.54) is 23.9 Å². The van der Waals surface area contributed by atoms with Crippen LogP contribution in [-0.4, -0.2) is 32.2 Å². The summed E-state index contributed by atoms with van der Waals surface area (Å²) in [6.45, 7) is -0.294. The number of hydrogen-bond donors (Lipinski definition) is 0. The molecule has 0 aliphatic carbocycles. The lowest BCUT2D eigenvalue weighted by Gasteiger charge is -2.04. The van der Waals surface area contributed by atoms with Gasteiger partial charge < -0.3 is 9.47 Å². The molecule has 3 rings (SSSR count). The molecule has 2 heterocycles. The third kappa shape index (κ3) is 3.02. The molecule has 3 aromatic rings. The maximum Gasteiger partial charge on any atom is 0.351 e. The van der Waals surface area contributed by atoms with Crippen molar-refractivity contribution in [2.45, 2.75) is 6.54 Å². The summed E-state index contributed by atoms with van der Waals surface area (Å²) in [5, 5.41) is 4.64. The van der Waals surface area contributed by atoms with E-state index in [0.717, 1.165) is 4.68 Å². The highest BCUT2D eigenvalue weighted by Crippen LogP contribution is 2.23. The average Bonchev–Trinajstić information content (AvgIpc) is 2.87. The van der Waals surface area contributed by atoms with Gasteiger partial charge >= 0.3 is 11.7 Å². The van der Waals surface area contributed by atoms with E-state index in [4.69, 9.17) is 16.3 Å². The van der Waals surface area contributed by atoms with Crippen LogP contribution in [0.15, 0.2) is 41.5 Å². The van der Waals surface area contributed by atoms with Crippen LogP contribution in [-0.2, 0) is 16.1 Å². The van der Waals surface area contributed by atoms with Crippen molar-refractivity contribution in [1.82, 2.24) is 19.2 Å². The van der Waals surface area contributed by atoms with Gasteiger partial charge in [-0.25, -0.2) is 18.9 Å². The Morgan fingerprint density at radius 3 is 2.74 bits per heavy atom. The van der Waals surface area contributed by atoms with E-state index in [0.29, 0.717) is 10.8 Å². The van der Waals surface area contributed by atoms with Gasteiger partial charge in [-0.2, -0.15) is 0 Å². The lowest BCUT2D eigenvalue weighted by molar-refractivity contribution is -0.141. The number of hydrogen-bond acceptors (Lipinski definition) is 6. The van der Waals surface area contributed by atoms with Crippen LogP contribution in [0, 0.1) is 0 Å². The first-order chi connectivity index (χ1) is 11.1. The van der Waals surface area contributed by atoms with Crippen LogP contribution in [0.4, 0.5) is 0 Å². The van der Waals surface area contributed by atoms with Crippen molar-refractivity contribution in [1.29, 1.82) is 0 Å². The number of esters is 1. The van der Waals surface area contributed by atoms with Crippen molar-refractivity contribution >= 4 is 23.2 Å². The minimum atomic E-state index is -0.580. The number of fused-ring (bicyclic) bond motifs is 1. The molecule has 0 saturated heterocycles. The van der Waals surface area contributed by atoms with Crippen molar-refractivity contribution in [3.8, 4) is 11.6 Å². The molecule has 0 radical (unpaired) electrons. The summed E-state index contributed by atoms with van der Waals surface area (Å²) in [6, 6.07) is 6.66. The topological polar surface area (TPSA) is 87.7 Å². The first kappa shape index (κ1) is 15.0. The van der Waals surface area contributed by atoms with Gasteiger partial charge in [0.25, 0.3) is 5.88 Å². The number of nitrogens with zero attached hydrogens (tertiary/aromatic N) is 4. The van der Waals surface area contributed by atoms with E-state index in [1.54, 1.807) is 24.3 Å². The molecule has 0 fully saturated rings. The van der Waals surface area contributed by atoms with Gasteiger partial charge in [-0.15, -0.1) is 5.10 Å². The molecule has 0 N–H and O–H groups in total. The molecule has 0 spiro atoms. The smallest absolute Gasteiger partial charge is 0.351 e. The average molecular weight is 335 g/mol. The van der Waals surface area contributed by atoms with E-state index in [2.05, 4.69) is 14.8 Å². The summed E-state index contributed by atoms with van der Waals surface area (Å²) in [4.78, 5) is 27.6. The van der Waals surface area contributed by atoms with Gasteiger partial charge in [0.05, 0.1) is 7.11 Å². The quantitative estimate of drug-likeness (QED) is 0.672. The van der Waals surface area contributed by atoms with Crippen molar-refractivity contribution < 1.29 is 14.3 Å². The molecule has 0 saturated carbocycles. The van der Waals surface area contributed by atoms with Crippen LogP contribution >= 0.6 is 11.6 Å². The van der Waals surface area contributed by atoms with E-state index in [-0.39, 0.29) is 18.1 Å². The number of carbonyl (C=O) groups is 1. The van der Waals surface area contributed by atoms with Gasteiger partial charge in [-0.05, 0) is 24.3 Å². The molecule has 0 unspecified atom stereocenters. The monoisotopic (exact) mass is 334 g/mol. The number of carbonyl (C=O) groups excluding carboxylic acids is 1. The lowest BCUT2D eigenvalue weighted by Crippen LogP contribution is -2.25. The second-order valence-corrected chi connectivity index (χ2v) is 4.93. The number of methoxy groups -OCH3 is 1. The molecule has 118 valence electrons. The molecular formula is C14H11ClN4O4. The molecule has 23 heavy (non-hydrogen) atoms. The lowest BCUT2D eigenvalue weighted by atomic mass is 10.3. The molecule has 0 bridgehead atoms. The van der Waals surface area contributed by atoms with E-state index in [1.807, 2.05) is 0 Å². The normalized spacial score (nSPS) is 10.7. The fraction of sp³-hybridized carbons (Fsp3) is 0.143. The predicted octanol–water partition coefficient (Wildman–Crippen LogP) is 1.51.